The van der Waals surface area contributed by atoms with E-state index in [0.717, 1.165) is 6.20 Å². The third-order valence-electron chi connectivity index (χ3n) is 7.70. The summed E-state index contributed by atoms with van der Waals surface area (Å²) in [6, 6.07) is 3.05. The van der Waals surface area contributed by atoms with Crippen LogP contribution in [0.2, 0.25) is 0 Å². The van der Waals surface area contributed by atoms with E-state index in [2.05, 4.69) is 25.7 Å². The van der Waals surface area contributed by atoms with Crippen LogP contribution in [0.1, 0.15) is 18.9 Å². The van der Waals surface area contributed by atoms with E-state index in [1.165, 1.54) is 16.3 Å². The van der Waals surface area contributed by atoms with Crippen LogP contribution in [-0.4, -0.2) is 91.8 Å². The molecule has 2 aliphatic heterocycles. The smallest absolute Gasteiger partial charge is 0.281 e. The highest BCUT2D eigenvalue weighted by Crippen LogP contribution is 2.46. The average molecular weight is 550 g/mol. The number of benzene rings is 1. The second kappa shape index (κ2) is 8.45. The molecule has 1 N–H and O–H groups in total. The number of nitrogens with zero attached hydrogens (tertiary/aromatic N) is 7. The molecule has 1 aromatic carbocycles. The highest BCUT2D eigenvalue weighted by Gasteiger charge is 2.51. The lowest BCUT2D eigenvalue weighted by molar-refractivity contribution is -0.106. The zero-order valence-corrected chi connectivity index (χ0v) is 20.6. The summed E-state index contributed by atoms with van der Waals surface area (Å²) < 4.78 is 85.0. The number of hydrogen-bond acceptors (Lipinski definition) is 8. The molecule has 10 nitrogen and oxygen atoms in total. The van der Waals surface area contributed by atoms with Gasteiger partial charge in [-0.25, -0.2) is 31.1 Å². The fraction of sp³-hybridized carbons (Fsp3) is 0.500. The Kier molecular flexibility index (Phi) is 5.30. The topological polar surface area (TPSA) is 94.6 Å². The highest BCUT2D eigenvalue weighted by atomic mass is 19.3. The molecule has 206 valence electrons. The van der Waals surface area contributed by atoms with Gasteiger partial charge in [0.2, 0.25) is 11.8 Å². The van der Waals surface area contributed by atoms with E-state index < -0.39 is 36.3 Å². The standard InChI is InChI=1S/C24H23F5N8O2/c1-38-21-20-19(12-2-3-16-17(4-12)37(34-32-16)13-5-23(26,27)6-13)15(25)7-36(20)33-22(31-21)30-18-8-35(11-24(18,28)29)14-9-39-10-14/h2-4,7,13-14,18H,5-6,8-11H2,1H3,(H,30,33). The zero-order chi connectivity index (χ0) is 27.1. The molecule has 0 bridgehead atoms. The Morgan fingerprint density at radius 3 is 2.62 bits per heavy atom. The van der Waals surface area contributed by atoms with Gasteiger partial charge in [-0.2, -0.15) is 4.98 Å². The number of likely N-dealkylation sites (tertiary alicyclic amines) is 1. The molecule has 0 amide bonds. The molecule has 3 fully saturated rings. The largest absolute Gasteiger partial charge is 0.479 e. The molecule has 1 atom stereocenters. The minimum Gasteiger partial charge on any atom is -0.479 e. The van der Waals surface area contributed by atoms with Crippen molar-refractivity contribution in [1.29, 1.82) is 0 Å². The number of nitrogens with one attached hydrogen (secondary N) is 1. The van der Waals surface area contributed by atoms with Gasteiger partial charge in [0, 0.05) is 19.4 Å². The second-order valence-electron chi connectivity index (χ2n) is 10.3. The van der Waals surface area contributed by atoms with Gasteiger partial charge in [-0.15, -0.1) is 10.2 Å². The van der Waals surface area contributed by atoms with Gasteiger partial charge in [-0.05, 0) is 17.7 Å². The SMILES string of the molecule is COc1nc(NC2CN(C3COC3)CC2(F)F)nn2cc(F)c(-c3ccc4nnn(C5CC(F)(F)C5)c4c3)c12. The Hall–Kier alpha value is -3.59. The van der Waals surface area contributed by atoms with Crippen molar-refractivity contribution in [1.82, 2.24) is 34.5 Å². The first kappa shape index (κ1) is 24.5. The summed E-state index contributed by atoms with van der Waals surface area (Å²) >= 11 is 0. The van der Waals surface area contributed by atoms with Gasteiger partial charge in [0.25, 0.3) is 11.8 Å². The van der Waals surface area contributed by atoms with E-state index in [1.54, 1.807) is 23.1 Å². The molecule has 3 aliphatic rings. The summed E-state index contributed by atoms with van der Waals surface area (Å²) in [6.07, 6.45) is 0.419. The Labute approximate surface area is 217 Å². The summed E-state index contributed by atoms with van der Waals surface area (Å²) in [7, 11) is 1.34. The molecule has 5 heterocycles. The number of hydrogen-bond donors (Lipinski definition) is 1. The zero-order valence-electron chi connectivity index (χ0n) is 20.6. The number of alkyl halides is 4. The number of anilines is 1. The normalized spacial score (nSPS) is 23.3. The lowest BCUT2D eigenvalue weighted by atomic mass is 9.88. The minimum absolute atomic E-state index is 0.0256. The van der Waals surface area contributed by atoms with Gasteiger partial charge in [0.05, 0.1) is 56.2 Å². The van der Waals surface area contributed by atoms with Gasteiger partial charge in [0.15, 0.2) is 5.82 Å². The Morgan fingerprint density at radius 2 is 1.92 bits per heavy atom. The second-order valence-corrected chi connectivity index (χ2v) is 10.3. The number of fused-ring (bicyclic) bond motifs is 2. The van der Waals surface area contributed by atoms with Gasteiger partial charge in [-0.3, -0.25) is 4.90 Å². The van der Waals surface area contributed by atoms with Crippen molar-refractivity contribution >= 4 is 22.5 Å². The first-order valence-electron chi connectivity index (χ1n) is 12.4. The van der Waals surface area contributed by atoms with Gasteiger partial charge in [0.1, 0.15) is 17.1 Å². The van der Waals surface area contributed by atoms with Crippen LogP contribution in [0.15, 0.2) is 24.4 Å². The van der Waals surface area contributed by atoms with Gasteiger partial charge < -0.3 is 14.8 Å². The molecular formula is C24H23F5N8O2. The number of methoxy groups -OCH3 is 1. The fourth-order valence-electron chi connectivity index (χ4n) is 5.50. The van der Waals surface area contributed by atoms with E-state index in [9.17, 15) is 17.6 Å². The molecule has 4 aromatic rings. The van der Waals surface area contributed by atoms with Crippen molar-refractivity contribution < 1.29 is 31.4 Å². The third-order valence-corrected chi connectivity index (χ3v) is 7.70. The average Bonchev–Trinajstić information content (AvgIpc) is 3.47. The Balaban J connectivity index is 1.23. The molecule has 3 aromatic heterocycles. The van der Waals surface area contributed by atoms with E-state index >= 15 is 4.39 Å². The van der Waals surface area contributed by atoms with Crippen LogP contribution in [0.4, 0.5) is 27.9 Å². The number of ether oxygens (including phenoxy) is 2. The third kappa shape index (κ3) is 3.97. The van der Waals surface area contributed by atoms with E-state index in [0.29, 0.717) is 29.8 Å². The van der Waals surface area contributed by atoms with Crippen LogP contribution in [0.5, 0.6) is 5.88 Å². The molecule has 1 unspecified atom stereocenters. The Morgan fingerprint density at radius 1 is 1.13 bits per heavy atom. The molecule has 2 saturated heterocycles. The van der Waals surface area contributed by atoms with Gasteiger partial charge in [-0.1, -0.05) is 11.3 Å². The molecule has 1 aliphatic carbocycles. The lowest BCUT2D eigenvalue weighted by Gasteiger charge is -2.34. The van der Waals surface area contributed by atoms with Gasteiger partial charge >= 0.3 is 0 Å². The van der Waals surface area contributed by atoms with Crippen molar-refractivity contribution in [2.24, 2.45) is 0 Å². The van der Waals surface area contributed by atoms with E-state index in [-0.39, 0.29) is 48.3 Å². The lowest BCUT2D eigenvalue weighted by Crippen LogP contribution is -2.48. The summed E-state index contributed by atoms with van der Waals surface area (Å²) in [5.74, 6) is -6.60. The van der Waals surface area contributed by atoms with Crippen molar-refractivity contribution in [2.75, 3.05) is 38.7 Å². The van der Waals surface area contributed by atoms with Crippen LogP contribution in [0.3, 0.4) is 0 Å². The van der Waals surface area contributed by atoms with Crippen molar-refractivity contribution in [2.45, 2.75) is 42.8 Å². The maximum absolute atomic E-state index is 15.4. The van der Waals surface area contributed by atoms with Crippen molar-refractivity contribution in [3.8, 4) is 17.0 Å². The summed E-state index contributed by atoms with van der Waals surface area (Å²) in [5, 5.41) is 15.0. The monoisotopic (exact) mass is 550 g/mol. The van der Waals surface area contributed by atoms with E-state index in [1.807, 2.05) is 0 Å². The maximum Gasteiger partial charge on any atom is 0.281 e. The molecule has 1 saturated carbocycles. The predicted octanol–water partition coefficient (Wildman–Crippen LogP) is 3.39. The number of halogens is 5. The minimum atomic E-state index is -3.04. The summed E-state index contributed by atoms with van der Waals surface area (Å²) in [4.78, 5) is 5.94. The van der Waals surface area contributed by atoms with Crippen LogP contribution in [-0.2, 0) is 4.74 Å². The van der Waals surface area contributed by atoms with Crippen molar-refractivity contribution in [3.05, 3.63) is 30.2 Å². The molecule has 0 spiro atoms. The number of rotatable bonds is 6. The molecule has 39 heavy (non-hydrogen) atoms. The highest BCUT2D eigenvalue weighted by molar-refractivity contribution is 5.89. The molecule has 7 rings (SSSR count). The first-order valence-corrected chi connectivity index (χ1v) is 12.4. The predicted molar refractivity (Wildman–Crippen MR) is 128 cm³/mol. The number of aromatic nitrogens is 6. The van der Waals surface area contributed by atoms with Crippen LogP contribution in [0, 0.1) is 5.82 Å². The quantitative estimate of drug-likeness (QED) is 0.366. The van der Waals surface area contributed by atoms with E-state index in [4.69, 9.17) is 9.47 Å². The molecular weight excluding hydrogens is 527 g/mol. The molecule has 15 heteroatoms. The van der Waals surface area contributed by atoms with Crippen LogP contribution >= 0.6 is 0 Å². The summed E-state index contributed by atoms with van der Waals surface area (Å²) in [6.45, 7) is 0.498. The summed E-state index contributed by atoms with van der Waals surface area (Å²) in [5.41, 5.74) is 1.65. The molecule has 0 radical (unpaired) electrons. The Bertz CT molecular complexity index is 1580. The maximum atomic E-state index is 15.4. The van der Waals surface area contributed by atoms with Crippen LogP contribution in [0.25, 0.3) is 27.7 Å². The fourth-order valence-corrected chi connectivity index (χ4v) is 5.50. The first-order chi connectivity index (χ1) is 18.6. The van der Waals surface area contributed by atoms with Crippen molar-refractivity contribution in [3.63, 3.8) is 0 Å². The van der Waals surface area contributed by atoms with Crippen LogP contribution < -0.4 is 10.1 Å².